The SMILES string of the molecule is C=CCN(CC(=O)OCC)CC(F)F. The van der Waals surface area contributed by atoms with E-state index in [2.05, 4.69) is 11.3 Å². The summed E-state index contributed by atoms with van der Waals surface area (Å²) < 4.78 is 28.7. The molecule has 0 atom stereocenters. The lowest BCUT2D eigenvalue weighted by Crippen LogP contribution is -2.34. The fraction of sp³-hybridized carbons (Fsp3) is 0.667. The van der Waals surface area contributed by atoms with E-state index in [1.165, 1.54) is 11.0 Å². The Morgan fingerprint density at radius 2 is 2.29 bits per heavy atom. The molecule has 0 heterocycles. The molecule has 82 valence electrons. The maximum absolute atomic E-state index is 12.0. The Bertz CT molecular complexity index is 186. The molecule has 0 N–H and O–H groups in total. The van der Waals surface area contributed by atoms with E-state index in [4.69, 9.17) is 0 Å². The first-order valence-corrected chi connectivity index (χ1v) is 4.37. The minimum Gasteiger partial charge on any atom is -0.465 e. The summed E-state index contributed by atoms with van der Waals surface area (Å²) in [7, 11) is 0. The predicted octanol–water partition coefficient (Wildman–Crippen LogP) is 1.30. The molecule has 0 bridgehead atoms. The van der Waals surface area contributed by atoms with Crippen molar-refractivity contribution in [1.29, 1.82) is 0 Å². The number of carbonyl (C=O) groups excluding carboxylic acids is 1. The van der Waals surface area contributed by atoms with Crippen molar-refractivity contribution in [3.63, 3.8) is 0 Å². The molecule has 0 aliphatic heterocycles. The fourth-order valence-corrected chi connectivity index (χ4v) is 0.971. The quantitative estimate of drug-likeness (QED) is 0.465. The normalized spacial score (nSPS) is 10.6. The van der Waals surface area contributed by atoms with Gasteiger partial charge in [0.25, 0.3) is 6.43 Å². The van der Waals surface area contributed by atoms with Crippen molar-refractivity contribution in [1.82, 2.24) is 4.90 Å². The number of carbonyl (C=O) groups is 1. The minimum atomic E-state index is -2.45. The zero-order valence-corrected chi connectivity index (χ0v) is 8.21. The van der Waals surface area contributed by atoms with Crippen LogP contribution in [0.15, 0.2) is 12.7 Å². The maximum Gasteiger partial charge on any atom is 0.320 e. The molecule has 0 aliphatic rings. The van der Waals surface area contributed by atoms with Gasteiger partial charge in [-0.2, -0.15) is 0 Å². The number of nitrogens with zero attached hydrogens (tertiary/aromatic N) is 1. The average Bonchev–Trinajstić information content (AvgIpc) is 2.03. The van der Waals surface area contributed by atoms with Crippen LogP contribution in [0, 0.1) is 0 Å². The number of alkyl halides is 2. The standard InChI is InChI=1S/C9H15F2NO2/c1-3-5-12(6-8(10)11)7-9(13)14-4-2/h3,8H,1,4-7H2,2H3. The van der Waals surface area contributed by atoms with Gasteiger partial charge in [0.05, 0.1) is 19.7 Å². The van der Waals surface area contributed by atoms with Gasteiger partial charge in [-0.1, -0.05) is 6.08 Å². The van der Waals surface area contributed by atoms with Crippen LogP contribution in [0.5, 0.6) is 0 Å². The van der Waals surface area contributed by atoms with Gasteiger partial charge < -0.3 is 4.74 Å². The molecule has 0 radical (unpaired) electrons. The molecule has 14 heavy (non-hydrogen) atoms. The number of hydrogen-bond donors (Lipinski definition) is 0. The van der Waals surface area contributed by atoms with Crippen molar-refractivity contribution >= 4 is 5.97 Å². The van der Waals surface area contributed by atoms with E-state index in [9.17, 15) is 13.6 Å². The lowest BCUT2D eigenvalue weighted by Gasteiger charge is -2.18. The second kappa shape index (κ2) is 7.44. The van der Waals surface area contributed by atoms with Gasteiger partial charge in [0.15, 0.2) is 0 Å². The van der Waals surface area contributed by atoms with E-state index in [1.807, 2.05) is 0 Å². The van der Waals surface area contributed by atoms with Crippen molar-refractivity contribution < 1.29 is 18.3 Å². The third-order valence-electron chi connectivity index (χ3n) is 1.44. The van der Waals surface area contributed by atoms with Gasteiger partial charge in [-0.25, -0.2) is 8.78 Å². The Kier molecular flexibility index (Phi) is 6.92. The maximum atomic E-state index is 12.0. The van der Waals surface area contributed by atoms with E-state index in [1.54, 1.807) is 6.92 Å². The molecule has 0 saturated carbocycles. The topological polar surface area (TPSA) is 29.5 Å². The second-order valence-corrected chi connectivity index (χ2v) is 2.68. The summed E-state index contributed by atoms with van der Waals surface area (Å²) in [5.74, 6) is -0.491. The molecule has 5 heteroatoms. The van der Waals surface area contributed by atoms with Crippen molar-refractivity contribution in [2.75, 3.05) is 26.2 Å². The first-order chi connectivity index (χ1) is 6.60. The highest BCUT2D eigenvalue weighted by Crippen LogP contribution is 1.98. The molecule has 3 nitrogen and oxygen atoms in total. The van der Waals surface area contributed by atoms with E-state index in [-0.39, 0.29) is 19.7 Å². The molecule has 0 amide bonds. The second-order valence-electron chi connectivity index (χ2n) is 2.68. The van der Waals surface area contributed by atoms with Gasteiger partial charge in [0.2, 0.25) is 0 Å². The monoisotopic (exact) mass is 207 g/mol. The molecular formula is C9H15F2NO2. The van der Waals surface area contributed by atoms with E-state index >= 15 is 0 Å². The Hall–Kier alpha value is -0.970. The lowest BCUT2D eigenvalue weighted by molar-refractivity contribution is -0.144. The van der Waals surface area contributed by atoms with Gasteiger partial charge >= 0.3 is 5.97 Å². The zero-order valence-electron chi connectivity index (χ0n) is 8.21. The van der Waals surface area contributed by atoms with Crippen LogP contribution in [0.1, 0.15) is 6.92 Å². The summed E-state index contributed by atoms with van der Waals surface area (Å²) in [4.78, 5) is 12.3. The van der Waals surface area contributed by atoms with Crippen molar-refractivity contribution in [3.8, 4) is 0 Å². The average molecular weight is 207 g/mol. The van der Waals surface area contributed by atoms with Gasteiger partial charge in [-0.3, -0.25) is 9.69 Å². The van der Waals surface area contributed by atoms with Gasteiger partial charge in [0.1, 0.15) is 0 Å². The molecular weight excluding hydrogens is 192 g/mol. The Morgan fingerprint density at radius 1 is 1.64 bits per heavy atom. The van der Waals surface area contributed by atoms with E-state index in [0.717, 1.165) is 0 Å². The molecule has 0 fully saturated rings. The van der Waals surface area contributed by atoms with Gasteiger partial charge in [0, 0.05) is 6.54 Å². The first-order valence-electron chi connectivity index (χ1n) is 4.37. The van der Waals surface area contributed by atoms with Crippen LogP contribution in [-0.4, -0.2) is 43.5 Å². The largest absolute Gasteiger partial charge is 0.465 e. The van der Waals surface area contributed by atoms with E-state index in [0.29, 0.717) is 0 Å². The number of halogens is 2. The predicted molar refractivity (Wildman–Crippen MR) is 49.3 cm³/mol. The number of esters is 1. The van der Waals surface area contributed by atoms with E-state index < -0.39 is 18.9 Å². The molecule has 0 rings (SSSR count). The van der Waals surface area contributed by atoms with Gasteiger partial charge in [-0.15, -0.1) is 6.58 Å². The Morgan fingerprint density at radius 3 is 2.71 bits per heavy atom. The highest BCUT2D eigenvalue weighted by molar-refractivity contribution is 5.71. The van der Waals surface area contributed by atoms with Crippen molar-refractivity contribution in [2.24, 2.45) is 0 Å². The highest BCUT2D eigenvalue weighted by atomic mass is 19.3. The Labute approximate surface area is 82.3 Å². The summed E-state index contributed by atoms with van der Waals surface area (Å²) in [5.41, 5.74) is 0. The number of rotatable bonds is 7. The summed E-state index contributed by atoms with van der Waals surface area (Å²) >= 11 is 0. The van der Waals surface area contributed by atoms with Crippen LogP contribution in [0.3, 0.4) is 0 Å². The van der Waals surface area contributed by atoms with Crippen molar-refractivity contribution in [3.05, 3.63) is 12.7 Å². The smallest absolute Gasteiger partial charge is 0.320 e. The third-order valence-corrected chi connectivity index (χ3v) is 1.44. The minimum absolute atomic E-state index is 0.121. The highest BCUT2D eigenvalue weighted by Gasteiger charge is 2.14. The number of ether oxygens (including phenoxy) is 1. The van der Waals surface area contributed by atoms with Crippen LogP contribution >= 0.6 is 0 Å². The summed E-state index contributed by atoms with van der Waals surface area (Å²) in [6, 6.07) is 0. The fourth-order valence-electron chi connectivity index (χ4n) is 0.971. The summed E-state index contributed by atoms with van der Waals surface area (Å²) in [6.45, 7) is 5.04. The lowest BCUT2D eigenvalue weighted by atomic mass is 10.4. The summed E-state index contributed by atoms with van der Waals surface area (Å²) in [5, 5.41) is 0. The van der Waals surface area contributed by atoms with Crippen LogP contribution in [-0.2, 0) is 9.53 Å². The third kappa shape index (κ3) is 6.54. The molecule has 0 unspecified atom stereocenters. The molecule has 0 saturated heterocycles. The van der Waals surface area contributed by atoms with Crippen LogP contribution < -0.4 is 0 Å². The summed E-state index contributed by atoms with van der Waals surface area (Å²) in [6.07, 6.45) is -0.980. The molecule has 0 spiro atoms. The number of hydrogen-bond acceptors (Lipinski definition) is 3. The van der Waals surface area contributed by atoms with Gasteiger partial charge in [-0.05, 0) is 6.92 Å². The molecule has 0 aliphatic carbocycles. The Balaban J connectivity index is 3.94. The van der Waals surface area contributed by atoms with Crippen LogP contribution in [0.2, 0.25) is 0 Å². The molecule has 0 aromatic carbocycles. The molecule has 0 aromatic heterocycles. The van der Waals surface area contributed by atoms with Crippen molar-refractivity contribution in [2.45, 2.75) is 13.3 Å². The first kappa shape index (κ1) is 13.0. The van der Waals surface area contributed by atoms with Crippen LogP contribution in [0.25, 0.3) is 0 Å². The van der Waals surface area contributed by atoms with Crippen LogP contribution in [0.4, 0.5) is 8.78 Å². The zero-order chi connectivity index (χ0) is 11.0. The molecule has 0 aromatic rings.